The fourth-order valence-corrected chi connectivity index (χ4v) is 3.85. The predicted octanol–water partition coefficient (Wildman–Crippen LogP) is 3.21. The zero-order valence-electron chi connectivity index (χ0n) is 15.1. The molecule has 5 rings (SSSR count). The van der Waals surface area contributed by atoms with Crippen molar-refractivity contribution in [3.63, 3.8) is 0 Å². The number of aromatic hydroxyl groups is 2. The second-order valence-electron chi connectivity index (χ2n) is 6.73. The van der Waals surface area contributed by atoms with E-state index in [-0.39, 0.29) is 28.6 Å². The van der Waals surface area contributed by atoms with E-state index < -0.39 is 5.78 Å². The van der Waals surface area contributed by atoms with E-state index >= 15 is 0 Å². The smallest absolute Gasteiger partial charge is 0.235 e. The minimum absolute atomic E-state index is 0.0512. The summed E-state index contributed by atoms with van der Waals surface area (Å²) in [6.45, 7) is 1.75. The molecule has 0 saturated heterocycles. The lowest BCUT2D eigenvalue weighted by molar-refractivity contribution is 0.0863. The van der Waals surface area contributed by atoms with Crippen molar-refractivity contribution in [3.05, 3.63) is 52.9 Å². The summed E-state index contributed by atoms with van der Waals surface area (Å²) in [6, 6.07) is 8.24. The lowest BCUT2D eigenvalue weighted by atomic mass is 10.1. The number of carbonyl (C=O) groups excluding carboxylic acids is 1. The van der Waals surface area contributed by atoms with Crippen LogP contribution in [0.25, 0.3) is 17.0 Å². The van der Waals surface area contributed by atoms with Crippen LogP contribution in [0.1, 0.15) is 21.6 Å². The molecule has 7 nitrogen and oxygen atoms in total. The maximum Gasteiger partial charge on any atom is 0.235 e. The number of benzene rings is 2. The summed E-state index contributed by atoms with van der Waals surface area (Å²) in [6.07, 6.45) is 1.67. The van der Waals surface area contributed by atoms with Crippen molar-refractivity contribution < 1.29 is 29.2 Å². The molecule has 0 amide bonds. The van der Waals surface area contributed by atoms with Gasteiger partial charge in [-0.3, -0.25) is 4.79 Å². The van der Waals surface area contributed by atoms with Crippen LogP contribution in [-0.4, -0.2) is 34.3 Å². The maximum absolute atomic E-state index is 12.8. The minimum Gasteiger partial charge on any atom is -0.508 e. The van der Waals surface area contributed by atoms with Crippen LogP contribution in [0, 0.1) is 0 Å². The zero-order chi connectivity index (χ0) is 19.4. The van der Waals surface area contributed by atoms with E-state index in [1.54, 1.807) is 13.2 Å². The molecule has 0 bridgehead atoms. The van der Waals surface area contributed by atoms with Crippen molar-refractivity contribution in [1.82, 2.24) is 4.57 Å². The maximum atomic E-state index is 12.8. The van der Waals surface area contributed by atoms with Crippen LogP contribution in [0.3, 0.4) is 0 Å². The van der Waals surface area contributed by atoms with E-state index in [9.17, 15) is 15.0 Å². The number of phenols is 2. The molecule has 2 N–H and O–H groups in total. The zero-order valence-corrected chi connectivity index (χ0v) is 15.1. The Morgan fingerprint density at radius 1 is 1.21 bits per heavy atom. The van der Waals surface area contributed by atoms with E-state index in [2.05, 4.69) is 4.57 Å². The third-order valence-corrected chi connectivity index (χ3v) is 5.13. The van der Waals surface area contributed by atoms with Gasteiger partial charge in [0.1, 0.15) is 28.6 Å². The topological polar surface area (TPSA) is 90.2 Å². The number of phenolic OH excluding ortho intramolecular Hbond substituents is 2. The van der Waals surface area contributed by atoms with Gasteiger partial charge in [-0.1, -0.05) is 0 Å². The first kappa shape index (κ1) is 16.7. The fraction of sp³-hybridized carbons (Fsp3) is 0.190. The predicted molar refractivity (Wildman–Crippen MR) is 101 cm³/mol. The van der Waals surface area contributed by atoms with Crippen LogP contribution < -0.4 is 9.47 Å². The second-order valence-corrected chi connectivity index (χ2v) is 6.73. The molecule has 3 aromatic rings. The second kappa shape index (κ2) is 6.03. The van der Waals surface area contributed by atoms with Gasteiger partial charge in [0.2, 0.25) is 5.78 Å². The summed E-state index contributed by atoms with van der Waals surface area (Å²) in [7, 11) is 1.61. The molecule has 2 aliphatic heterocycles. The Morgan fingerprint density at radius 2 is 2.07 bits per heavy atom. The van der Waals surface area contributed by atoms with E-state index in [0.29, 0.717) is 25.5 Å². The minimum atomic E-state index is -0.430. The molecule has 0 atom stereocenters. The lowest BCUT2D eigenvalue weighted by Crippen LogP contribution is -2.16. The third kappa shape index (κ3) is 2.36. The number of methoxy groups -OCH3 is 1. The van der Waals surface area contributed by atoms with Gasteiger partial charge in [-0.05, 0) is 24.3 Å². The summed E-state index contributed by atoms with van der Waals surface area (Å²) in [5.74, 6) is 0.0209. The number of Topliss-reactive ketones (excluding diaryl/α,β-unsaturated/α-hetero) is 1. The van der Waals surface area contributed by atoms with Crippen molar-refractivity contribution >= 4 is 22.8 Å². The molecule has 0 aliphatic carbocycles. The van der Waals surface area contributed by atoms with Crippen molar-refractivity contribution in [2.45, 2.75) is 13.2 Å². The highest BCUT2D eigenvalue weighted by Crippen LogP contribution is 2.42. The number of hydrogen-bond donors (Lipinski definition) is 2. The van der Waals surface area contributed by atoms with Gasteiger partial charge < -0.3 is 29.0 Å². The standard InChI is InChI=1S/C21H17NO6/c1-26-12-2-3-15-13(8-12)14(16-10-27-5-4-22(15)16)9-19-21(25)20-17(24)6-11(23)7-18(20)28-19/h2-3,6-9,23-24H,4-5,10H2,1H3/b19-9+. The van der Waals surface area contributed by atoms with E-state index in [0.717, 1.165) is 28.2 Å². The highest BCUT2D eigenvalue weighted by molar-refractivity contribution is 6.17. The highest BCUT2D eigenvalue weighted by atomic mass is 16.5. The van der Waals surface area contributed by atoms with Crippen LogP contribution in [0.5, 0.6) is 23.0 Å². The van der Waals surface area contributed by atoms with Gasteiger partial charge in [-0.2, -0.15) is 0 Å². The molecule has 0 radical (unpaired) electrons. The molecule has 3 heterocycles. The Hall–Kier alpha value is -3.45. The van der Waals surface area contributed by atoms with E-state index in [1.165, 1.54) is 6.07 Å². The molecular weight excluding hydrogens is 362 g/mol. The van der Waals surface area contributed by atoms with Crippen molar-refractivity contribution in [3.8, 4) is 23.0 Å². The van der Waals surface area contributed by atoms with Crippen LogP contribution >= 0.6 is 0 Å². The van der Waals surface area contributed by atoms with Gasteiger partial charge in [-0.15, -0.1) is 0 Å². The summed E-state index contributed by atoms with van der Waals surface area (Å²) in [4.78, 5) is 12.8. The number of nitrogens with zero attached hydrogens (tertiary/aromatic N) is 1. The van der Waals surface area contributed by atoms with E-state index in [1.807, 2.05) is 18.2 Å². The number of aromatic nitrogens is 1. The van der Waals surface area contributed by atoms with Crippen molar-refractivity contribution in [1.29, 1.82) is 0 Å². The molecule has 0 fully saturated rings. The molecule has 1 aromatic heterocycles. The fourth-order valence-electron chi connectivity index (χ4n) is 3.85. The van der Waals surface area contributed by atoms with Gasteiger partial charge in [0.25, 0.3) is 0 Å². The molecular formula is C21H17NO6. The van der Waals surface area contributed by atoms with Gasteiger partial charge in [0, 0.05) is 35.1 Å². The van der Waals surface area contributed by atoms with Gasteiger partial charge in [0.15, 0.2) is 5.76 Å². The number of fused-ring (bicyclic) bond motifs is 4. The van der Waals surface area contributed by atoms with Crippen LogP contribution in [0.4, 0.5) is 0 Å². The highest BCUT2D eigenvalue weighted by Gasteiger charge is 2.32. The van der Waals surface area contributed by atoms with Gasteiger partial charge in [-0.25, -0.2) is 0 Å². The molecule has 142 valence electrons. The number of ketones is 1. The number of allylic oxidation sites excluding steroid dienone is 1. The number of rotatable bonds is 2. The monoisotopic (exact) mass is 379 g/mol. The largest absolute Gasteiger partial charge is 0.508 e. The van der Waals surface area contributed by atoms with Crippen LogP contribution in [0.15, 0.2) is 36.1 Å². The number of carbonyl (C=O) groups is 1. The number of ether oxygens (including phenoxy) is 3. The van der Waals surface area contributed by atoms with Crippen LogP contribution in [-0.2, 0) is 17.9 Å². The Morgan fingerprint density at radius 3 is 2.89 bits per heavy atom. The molecule has 28 heavy (non-hydrogen) atoms. The normalized spacial score (nSPS) is 16.9. The summed E-state index contributed by atoms with van der Waals surface area (Å²) < 4.78 is 18.8. The van der Waals surface area contributed by atoms with Crippen LogP contribution in [0.2, 0.25) is 0 Å². The molecule has 0 saturated carbocycles. The molecule has 0 spiro atoms. The molecule has 2 aliphatic rings. The summed E-state index contributed by atoms with van der Waals surface area (Å²) in [5, 5.41) is 20.6. The third-order valence-electron chi connectivity index (χ3n) is 5.13. The first-order valence-corrected chi connectivity index (χ1v) is 8.84. The molecule has 0 unspecified atom stereocenters. The first-order chi connectivity index (χ1) is 13.6. The van der Waals surface area contributed by atoms with Gasteiger partial charge in [0.05, 0.1) is 26.0 Å². The Bertz CT molecular complexity index is 1170. The van der Waals surface area contributed by atoms with Crippen molar-refractivity contribution in [2.24, 2.45) is 0 Å². The summed E-state index contributed by atoms with van der Waals surface area (Å²) in [5.41, 5.74) is 2.83. The van der Waals surface area contributed by atoms with Crippen molar-refractivity contribution in [2.75, 3.05) is 13.7 Å². The molecule has 7 heteroatoms. The Labute approximate surface area is 160 Å². The SMILES string of the molecule is COc1ccc2c(c1)c(/C=C1/Oc3cc(O)cc(O)c3C1=O)c1n2CCOC1. The van der Waals surface area contributed by atoms with Gasteiger partial charge >= 0.3 is 0 Å². The summed E-state index contributed by atoms with van der Waals surface area (Å²) >= 11 is 0. The average Bonchev–Trinajstić information content (AvgIpc) is 3.17. The Balaban J connectivity index is 1.70. The first-order valence-electron chi connectivity index (χ1n) is 8.84. The lowest BCUT2D eigenvalue weighted by Gasteiger charge is -2.17. The Kier molecular flexibility index (Phi) is 3.60. The van der Waals surface area contributed by atoms with E-state index in [4.69, 9.17) is 14.2 Å². The average molecular weight is 379 g/mol. The molecule has 2 aromatic carbocycles. The number of hydrogen-bond acceptors (Lipinski definition) is 6. The quantitative estimate of drug-likeness (QED) is 0.665.